The van der Waals surface area contributed by atoms with Gasteiger partial charge in [-0.05, 0) is 54.9 Å². The van der Waals surface area contributed by atoms with Crippen LogP contribution in [0.4, 0.5) is 0 Å². The van der Waals surface area contributed by atoms with Crippen LogP contribution in [-0.4, -0.2) is 24.2 Å². The van der Waals surface area contributed by atoms with E-state index < -0.39 is 0 Å². The van der Waals surface area contributed by atoms with Gasteiger partial charge < -0.3 is 15.6 Å². The van der Waals surface area contributed by atoms with E-state index in [4.69, 9.17) is 5.73 Å². The minimum atomic E-state index is -0.176. The monoisotopic (exact) mass is 263 g/mol. The highest BCUT2D eigenvalue weighted by molar-refractivity contribution is 5.69. The Morgan fingerprint density at radius 1 is 1.42 bits per heavy atom. The zero-order valence-corrected chi connectivity index (χ0v) is 11.3. The Morgan fingerprint density at radius 3 is 2.95 bits per heavy atom. The minimum Gasteiger partial charge on any atom is -0.508 e. The quantitative estimate of drug-likeness (QED) is 0.626. The molecule has 0 saturated heterocycles. The first-order valence-corrected chi connectivity index (χ1v) is 6.76. The van der Waals surface area contributed by atoms with Gasteiger partial charge in [0.25, 0.3) is 0 Å². The molecule has 1 aromatic rings. The summed E-state index contributed by atoms with van der Waals surface area (Å²) in [6, 6.07) is 3.90. The Hall–Kier alpha value is -1.55. The number of phenolic OH excluding ortho intramolecular Hbond substituents is 1. The number of benzene rings is 1. The van der Waals surface area contributed by atoms with Crippen molar-refractivity contribution in [2.45, 2.75) is 44.6 Å². The largest absolute Gasteiger partial charge is 0.508 e. The molecule has 4 heteroatoms. The number of phenols is 1. The van der Waals surface area contributed by atoms with E-state index in [-0.39, 0.29) is 12.0 Å². The maximum absolute atomic E-state index is 11.0. The third-order valence-electron chi connectivity index (χ3n) is 3.74. The topological polar surface area (TPSA) is 72.5 Å². The lowest BCUT2D eigenvalue weighted by Crippen LogP contribution is -2.19. The molecule has 3 N–H and O–H groups in total. The van der Waals surface area contributed by atoms with E-state index in [1.165, 1.54) is 18.2 Å². The molecule has 0 spiro atoms. The SMILES string of the molecule is COC(=O)CCCCc1c(O)ccc2c1CC(N)C2. The lowest BCUT2D eigenvalue weighted by molar-refractivity contribution is -0.140. The molecule has 1 unspecified atom stereocenters. The van der Waals surface area contributed by atoms with Crippen LogP contribution in [0.1, 0.15) is 36.0 Å². The first kappa shape index (κ1) is 13.9. The van der Waals surface area contributed by atoms with E-state index in [1.807, 2.05) is 6.07 Å². The van der Waals surface area contributed by atoms with Gasteiger partial charge in [0, 0.05) is 12.5 Å². The number of fused-ring (bicyclic) bond motifs is 1. The van der Waals surface area contributed by atoms with Gasteiger partial charge in [-0.25, -0.2) is 0 Å². The number of unbranched alkanes of at least 4 members (excludes halogenated alkanes) is 1. The molecule has 0 aromatic heterocycles. The molecule has 1 atom stereocenters. The van der Waals surface area contributed by atoms with Crippen LogP contribution >= 0.6 is 0 Å². The summed E-state index contributed by atoms with van der Waals surface area (Å²) >= 11 is 0. The summed E-state index contributed by atoms with van der Waals surface area (Å²) in [5, 5.41) is 9.98. The van der Waals surface area contributed by atoms with Gasteiger partial charge in [0.1, 0.15) is 5.75 Å². The van der Waals surface area contributed by atoms with Crippen LogP contribution < -0.4 is 5.73 Å². The first-order valence-electron chi connectivity index (χ1n) is 6.76. The lowest BCUT2D eigenvalue weighted by atomic mass is 9.97. The maximum Gasteiger partial charge on any atom is 0.305 e. The second-order valence-corrected chi connectivity index (χ2v) is 5.15. The van der Waals surface area contributed by atoms with Crippen molar-refractivity contribution in [2.24, 2.45) is 5.73 Å². The Kier molecular flexibility index (Phi) is 4.43. The van der Waals surface area contributed by atoms with Crippen molar-refractivity contribution in [3.05, 3.63) is 28.8 Å². The molecular formula is C15H21NO3. The summed E-state index contributed by atoms with van der Waals surface area (Å²) in [6.45, 7) is 0. The van der Waals surface area contributed by atoms with Crippen LogP contribution in [0.2, 0.25) is 0 Å². The molecule has 1 aliphatic rings. The average molecular weight is 263 g/mol. The zero-order valence-electron chi connectivity index (χ0n) is 11.3. The van der Waals surface area contributed by atoms with Gasteiger partial charge in [0.15, 0.2) is 0 Å². The predicted molar refractivity (Wildman–Crippen MR) is 73.1 cm³/mol. The summed E-state index contributed by atoms with van der Waals surface area (Å²) in [5.74, 6) is 0.176. The maximum atomic E-state index is 11.0. The van der Waals surface area contributed by atoms with Crippen molar-refractivity contribution in [1.29, 1.82) is 0 Å². The highest BCUT2D eigenvalue weighted by Crippen LogP contribution is 2.32. The van der Waals surface area contributed by atoms with Gasteiger partial charge in [0.05, 0.1) is 7.11 Å². The molecule has 4 nitrogen and oxygen atoms in total. The third-order valence-corrected chi connectivity index (χ3v) is 3.74. The van der Waals surface area contributed by atoms with E-state index in [0.717, 1.165) is 37.7 Å². The Labute approximate surface area is 113 Å². The first-order chi connectivity index (χ1) is 9.11. The molecule has 19 heavy (non-hydrogen) atoms. The third kappa shape index (κ3) is 3.26. The van der Waals surface area contributed by atoms with Crippen LogP contribution in [-0.2, 0) is 28.8 Å². The molecule has 1 aliphatic carbocycles. The van der Waals surface area contributed by atoms with Gasteiger partial charge in [-0.1, -0.05) is 6.07 Å². The number of carbonyl (C=O) groups is 1. The number of carbonyl (C=O) groups excluding carboxylic acids is 1. The van der Waals surface area contributed by atoms with Crippen LogP contribution in [0.25, 0.3) is 0 Å². The summed E-state index contributed by atoms with van der Waals surface area (Å²) in [5.41, 5.74) is 9.45. The fraction of sp³-hybridized carbons (Fsp3) is 0.533. The van der Waals surface area contributed by atoms with Crippen molar-refractivity contribution >= 4 is 5.97 Å². The molecule has 2 rings (SSSR count). The van der Waals surface area contributed by atoms with Crippen LogP contribution in [0.3, 0.4) is 0 Å². The fourth-order valence-corrected chi connectivity index (χ4v) is 2.74. The van der Waals surface area contributed by atoms with E-state index in [1.54, 1.807) is 6.07 Å². The highest BCUT2D eigenvalue weighted by Gasteiger charge is 2.22. The van der Waals surface area contributed by atoms with E-state index in [2.05, 4.69) is 4.74 Å². The Balaban J connectivity index is 1.97. The van der Waals surface area contributed by atoms with Crippen molar-refractivity contribution in [3.63, 3.8) is 0 Å². The summed E-state index contributed by atoms with van der Waals surface area (Å²) < 4.78 is 4.61. The molecule has 0 amide bonds. The average Bonchev–Trinajstić information content (AvgIpc) is 2.77. The Morgan fingerprint density at radius 2 is 2.21 bits per heavy atom. The molecule has 0 aliphatic heterocycles. The zero-order chi connectivity index (χ0) is 13.8. The number of ether oxygens (including phenoxy) is 1. The smallest absolute Gasteiger partial charge is 0.305 e. The molecule has 0 bridgehead atoms. The van der Waals surface area contributed by atoms with E-state index in [9.17, 15) is 9.90 Å². The van der Waals surface area contributed by atoms with Crippen LogP contribution in [0, 0.1) is 0 Å². The number of aromatic hydroxyl groups is 1. The molecule has 0 fully saturated rings. The predicted octanol–water partition coefficient (Wildman–Crippen LogP) is 1.70. The standard InChI is InChI=1S/C15H21NO3/c1-19-15(18)5-3-2-4-12-13-9-11(16)8-10(13)6-7-14(12)17/h6-7,11,17H,2-5,8-9,16H2,1H3. The Bertz CT molecular complexity index is 471. The molecule has 104 valence electrons. The summed E-state index contributed by atoms with van der Waals surface area (Å²) in [7, 11) is 1.40. The summed E-state index contributed by atoms with van der Waals surface area (Å²) in [6.07, 6.45) is 4.61. The van der Waals surface area contributed by atoms with E-state index in [0.29, 0.717) is 12.2 Å². The number of rotatable bonds is 5. The second-order valence-electron chi connectivity index (χ2n) is 5.15. The van der Waals surface area contributed by atoms with Crippen molar-refractivity contribution in [2.75, 3.05) is 7.11 Å². The highest BCUT2D eigenvalue weighted by atomic mass is 16.5. The van der Waals surface area contributed by atoms with Crippen molar-refractivity contribution < 1.29 is 14.6 Å². The number of hydrogen-bond donors (Lipinski definition) is 2. The van der Waals surface area contributed by atoms with Crippen LogP contribution in [0.15, 0.2) is 12.1 Å². The van der Waals surface area contributed by atoms with Gasteiger partial charge in [-0.3, -0.25) is 4.79 Å². The fourth-order valence-electron chi connectivity index (χ4n) is 2.74. The van der Waals surface area contributed by atoms with Gasteiger partial charge >= 0.3 is 5.97 Å². The minimum absolute atomic E-state index is 0.172. The number of esters is 1. The van der Waals surface area contributed by atoms with Crippen molar-refractivity contribution in [1.82, 2.24) is 0 Å². The second kappa shape index (κ2) is 6.06. The molecular weight excluding hydrogens is 242 g/mol. The molecule has 0 heterocycles. The van der Waals surface area contributed by atoms with Crippen LogP contribution in [0.5, 0.6) is 5.75 Å². The molecule has 0 radical (unpaired) electrons. The lowest BCUT2D eigenvalue weighted by Gasteiger charge is -2.10. The number of methoxy groups -OCH3 is 1. The van der Waals surface area contributed by atoms with Gasteiger partial charge in [-0.15, -0.1) is 0 Å². The van der Waals surface area contributed by atoms with Crippen molar-refractivity contribution in [3.8, 4) is 5.75 Å². The van der Waals surface area contributed by atoms with Gasteiger partial charge in [-0.2, -0.15) is 0 Å². The van der Waals surface area contributed by atoms with Gasteiger partial charge in [0.2, 0.25) is 0 Å². The number of hydrogen-bond acceptors (Lipinski definition) is 4. The summed E-state index contributed by atoms with van der Waals surface area (Å²) in [4.78, 5) is 11.0. The molecule has 1 aromatic carbocycles. The number of nitrogens with two attached hydrogens (primary N) is 1. The van der Waals surface area contributed by atoms with E-state index >= 15 is 0 Å². The normalized spacial score (nSPS) is 17.3. The molecule has 0 saturated carbocycles.